The highest BCUT2D eigenvalue weighted by molar-refractivity contribution is 7.43. The highest BCUT2D eigenvalue weighted by Gasteiger charge is 2.26. The minimum absolute atomic E-state index is 0.831. The molecule has 0 aromatic heterocycles. The third kappa shape index (κ3) is 4.88. The van der Waals surface area contributed by atoms with Crippen molar-refractivity contribution in [2.75, 3.05) is 0 Å². The first-order valence-corrected chi connectivity index (χ1v) is 11.7. The quantitative estimate of drug-likeness (QED) is 0.364. The van der Waals surface area contributed by atoms with E-state index in [9.17, 15) is 0 Å². The number of aryl methyl sites for hydroxylation is 6. The molecule has 3 rings (SSSR count). The van der Waals surface area contributed by atoms with E-state index in [1.807, 2.05) is 0 Å². The molecule has 164 valence electrons. The Labute approximate surface area is 188 Å². The first-order valence-electron chi connectivity index (χ1n) is 10.6. The summed E-state index contributed by atoms with van der Waals surface area (Å²) in [7, 11) is -1.72. The number of rotatable bonds is 6. The van der Waals surface area contributed by atoms with Crippen molar-refractivity contribution in [2.24, 2.45) is 0 Å². The van der Waals surface area contributed by atoms with E-state index in [1.54, 1.807) is 0 Å². The molecule has 0 aliphatic heterocycles. The molecule has 0 saturated heterocycles. The molecule has 4 heteroatoms. The van der Waals surface area contributed by atoms with Crippen LogP contribution in [0.15, 0.2) is 36.4 Å². The van der Waals surface area contributed by atoms with Crippen molar-refractivity contribution in [2.45, 2.75) is 62.3 Å². The Balaban J connectivity index is 2.06. The summed E-state index contributed by atoms with van der Waals surface area (Å²) in [4.78, 5) is 0. The second kappa shape index (κ2) is 9.32. The van der Waals surface area contributed by atoms with Crippen LogP contribution in [0.25, 0.3) is 0 Å². The maximum atomic E-state index is 6.48. The van der Waals surface area contributed by atoms with Crippen LogP contribution in [0, 0.1) is 62.3 Å². The molecule has 3 nitrogen and oxygen atoms in total. The Morgan fingerprint density at radius 2 is 0.613 bits per heavy atom. The van der Waals surface area contributed by atoms with Gasteiger partial charge < -0.3 is 13.6 Å². The lowest BCUT2D eigenvalue weighted by molar-refractivity contribution is 0.381. The predicted molar refractivity (Wildman–Crippen MR) is 131 cm³/mol. The Hall–Kier alpha value is -2.51. The fourth-order valence-electron chi connectivity index (χ4n) is 3.48. The maximum absolute atomic E-state index is 6.48. The number of hydrogen-bond donors (Lipinski definition) is 0. The summed E-state index contributed by atoms with van der Waals surface area (Å²) in [5.41, 5.74) is 10.1. The SMILES string of the molecule is Cc1ccc(C)c(OP(Oc2c(C)ccc(C)c2C)Oc2c(C)ccc(C)c2C)c1C. The van der Waals surface area contributed by atoms with E-state index in [0.717, 1.165) is 50.6 Å². The zero-order chi connectivity index (χ0) is 22.9. The maximum Gasteiger partial charge on any atom is 0.530 e. The van der Waals surface area contributed by atoms with E-state index in [2.05, 4.69) is 98.7 Å². The fourth-order valence-corrected chi connectivity index (χ4v) is 4.88. The van der Waals surface area contributed by atoms with Gasteiger partial charge >= 0.3 is 8.60 Å². The molecule has 0 N–H and O–H groups in total. The van der Waals surface area contributed by atoms with Crippen LogP contribution in [-0.2, 0) is 0 Å². The van der Waals surface area contributed by atoms with E-state index in [-0.39, 0.29) is 0 Å². The molecule has 3 aromatic rings. The Bertz CT molecular complexity index is 977. The summed E-state index contributed by atoms with van der Waals surface area (Å²) in [6.07, 6.45) is 0. The van der Waals surface area contributed by atoms with Gasteiger partial charge in [-0.2, -0.15) is 0 Å². The van der Waals surface area contributed by atoms with Gasteiger partial charge in [-0.3, -0.25) is 0 Å². The Morgan fingerprint density at radius 3 is 0.871 bits per heavy atom. The Kier molecular flexibility index (Phi) is 6.96. The van der Waals surface area contributed by atoms with Gasteiger partial charge in [-0.15, -0.1) is 0 Å². The lowest BCUT2D eigenvalue weighted by Gasteiger charge is -2.24. The van der Waals surface area contributed by atoms with Crippen molar-refractivity contribution >= 4 is 8.60 Å². The van der Waals surface area contributed by atoms with Gasteiger partial charge in [-0.25, -0.2) is 0 Å². The van der Waals surface area contributed by atoms with Gasteiger partial charge in [0.05, 0.1) is 0 Å². The van der Waals surface area contributed by atoms with Crippen molar-refractivity contribution in [3.63, 3.8) is 0 Å². The fraction of sp³-hybridized carbons (Fsp3) is 0.333. The summed E-state index contributed by atoms with van der Waals surface area (Å²) in [6, 6.07) is 12.6. The molecule has 0 atom stereocenters. The van der Waals surface area contributed by atoms with Gasteiger partial charge in [0.25, 0.3) is 0 Å². The molecule has 0 aliphatic rings. The van der Waals surface area contributed by atoms with E-state index < -0.39 is 8.60 Å². The molecular weight excluding hydrogens is 403 g/mol. The second-order valence-corrected chi connectivity index (χ2v) is 9.45. The molecule has 0 bridgehead atoms. The van der Waals surface area contributed by atoms with Crippen molar-refractivity contribution in [3.8, 4) is 17.2 Å². The van der Waals surface area contributed by atoms with Gasteiger partial charge in [0.2, 0.25) is 0 Å². The van der Waals surface area contributed by atoms with Gasteiger partial charge in [-0.05, 0) is 112 Å². The molecule has 0 heterocycles. The van der Waals surface area contributed by atoms with Crippen LogP contribution in [0.1, 0.15) is 50.1 Å². The standard InChI is InChI=1S/C27H33O3P/c1-16-10-13-19(4)25(22(16)7)28-31(29-26-20(5)14-11-17(2)23(26)8)30-27-21(6)15-12-18(3)24(27)9/h10-15H,1-9H3. The molecule has 0 saturated carbocycles. The molecular formula is C27H33O3P. The monoisotopic (exact) mass is 436 g/mol. The lowest BCUT2D eigenvalue weighted by Crippen LogP contribution is -2.08. The van der Waals surface area contributed by atoms with Crippen LogP contribution in [-0.4, -0.2) is 0 Å². The first-order chi connectivity index (χ1) is 14.6. The van der Waals surface area contributed by atoms with E-state index in [4.69, 9.17) is 13.6 Å². The van der Waals surface area contributed by atoms with Crippen LogP contribution in [0.5, 0.6) is 17.2 Å². The molecule has 3 aromatic carbocycles. The summed E-state index contributed by atoms with van der Waals surface area (Å²) in [5, 5.41) is 0. The summed E-state index contributed by atoms with van der Waals surface area (Å²) in [5.74, 6) is 2.49. The lowest BCUT2D eigenvalue weighted by atomic mass is 10.1. The molecule has 0 fully saturated rings. The van der Waals surface area contributed by atoms with Crippen LogP contribution in [0.2, 0.25) is 0 Å². The summed E-state index contributed by atoms with van der Waals surface area (Å²) >= 11 is 0. The minimum atomic E-state index is -1.72. The van der Waals surface area contributed by atoms with Crippen molar-refractivity contribution < 1.29 is 13.6 Å². The molecule has 0 unspecified atom stereocenters. The van der Waals surface area contributed by atoms with Gasteiger partial charge in [-0.1, -0.05) is 36.4 Å². The second-order valence-electron chi connectivity index (χ2n) is 8.46. The molecule has 0 spiro atoms. The smallest absolute Gasteiger partial charge is 0.408 e. The third-order valence-electron chi connectivity index (χ3n) is 6.12. The van der Waals surface area contributed by atoms with Gasteiger partial charge in [0, 0.05) is 0 Å². The first kappa shape index (κ1) is 23.2. The van der Waals surface area contributed by atoms with E-state index in [0.29, 0.717) is 0 Å². The van der Waals surface area contributed by atoms with Crippen molar-refractivity contribution in [3.05, 3.63) is 86.5 Å². The highest BCUT2D eigenvalue weighted by Crippen LogP contribution is 2.48. The summed E-state index contributed by atoms with van der Waals surface area (Å²) in [6.45, 7) is 18.7. The number of benzene rings is 3. The van der Waals surface area contributed by atoms with E-state index in [1.165, 1.54) is 16.7 Å². The minimum Gasteiger partial charge on any atom is -0.408 e. The average molecular weight is 437 g/mol. The zero-order valence-corrected chi connectivity index (χ0v) is 21.0. The molecule has 0 amide bonds. The van der Waals surface area contributed by atoms with Gasteiger partial charge in [0.15, 0.2) is 0 Å². The molecule has 0 radical (unpaired) electrons. The zero-order valence-electron chi connectivity index (χ0n) is 20.1. The van der Waals surface area contributed by atoms with Crippen molar-refractivity contribution in [1.82, 2.24) is 0 Å². The van der Waals surface area contributed by atoms with Crippen LogP contribution in [0.4, 0.5) is 0 Å². The third-order valence-corrected chi connectivity index (χ3v) is 7.11. The van der Waals surface area contributed by atoms with E-state index >= 15 is 0 Å². The predicted octanol–water partition coefficient (Wildman–Crippen LogP) is 8.23. The van der Waals surface area contributed by atoms with Crippen molar-refractivity contribution in [1.29, 1.82) is 0 Å². The summed E-state index contributed by atoms with van der Waals surface area (Å²) < 4.78 is 19.5. The largest absolute Gasteiger partial charge is 0.530 e. The normalized spacial score (nSPS) is 11.0. The van der Waals surface area contributed by atoms with Gasteiger partial charge in [0.1, 0.15) is 17.2 Å². The van der Waals surface area contributed by atoms with Crippen LogP contribution < -0.4 is 13.6 Å². The average Bonchev–Trinajstić information content (AvgIpc) is 2.73. The molecule has 31 heavy (non-hydrogen) atoms. The topological polar surface area (TPSA) is 27.7 Å². The molecule has 0 aliphatic carbocycles. The van der Waals surface area contributed by atoms with Crippen LogP contribution >= 0.6 is 8.60 Å². The van der Waals surface area contributed by atoms with Crippen LogP contribution in [0.3, 0.4) is 0 Å². The number of hydrogen-bond acceptors (Lipinski definition) is 3. The Morgan fingerprint density at radius 1 is 0.387 bits per heavy atom. The highest BCUT2D eigenvalue weighted by atomic mass is 31.2.